The molecule has 2 N–H and O–H groups in total. The van der Waals surface area contributed by atoms with Crippen LogP contribution < -0.4 is 10.1 Å². The summed E-state index contributed by atoms with van der Waals surface area (Å²) in [6.45, 7) is 8.74. The smallest absolute Gasteiger partial charge is 0.129 e. The molecule has 0 amide bonds. The molecule has 1 atom stereocenters. The third kappa shape index (κ3) is 5.50. The van der Waals surface area contributed by atoms with Crippen LogP contribution >= 0.6 is 0 Å². The minimum atomic E-state index is 0.448. The predicted octanol–water partition coefficient (Wildman–Crippen LogP) is 3.05. The first-order valence-corrected chi connectivity index (χ1v) is 12.6. The highest BCUT2D eigenvalue weighted by molar-refractivity contribution is 5.85. The van der Waals surface area contributed by atoms with Crippen LogP contribution in [0.5, 0.6) is 5.75 Å². The molecule has 1 saturated heterocycles. The quantitative estimate of drug-likeness (QED) is 0.612. The van der Waals surface area contributed by atoms with Crippen molar-refractivity contribution in [2.45, 2.75) is 6.42 Å². The average Bonchev–Trinajstić information content (AvgIpc) is 3.31. The summed E-state index contributed by atoms with van der Waals surface area (Å²) < 4.78 is 5.58. The highest BCUT2D eigenvalue weighted by Crippen LogP contribution is 2.38. The van der Waals surface area contributed by atoms with E-state index in [1.165, 1.54) is 11.1 Å². The van der Waals surface area contributed by atoms with Crippen molar-refractivity contribution in [3.63, 3.8) is 0 Å². The van der Waals surface area contributed by atoms with Gasteiger partial charge in [-0.2, -0.15) is 5.10 Å². The maximum absolute atomic E-state index is 5.58. The molecule has 8 heteroatoms. The molecule has 0 saturated carbocycles. The number of aliphatic imine (C=N–C) groups is 1. The lowest BCUT2D eigenvalue weighted by Crippen LogP contribution is -2.49. The average molecular weight is 476 g/mol. The minimum Gasteiger partial charge on any atom is -0.496 e. The van der Waals surface area contributed by atoms with Crippen molar-refractivity contribution in [1.29, 1.82) is 0 Å². The van der Waals surface area contributed by atoms with Crippen molar-refractivity contribution in [2.24, 2.45) is 10.9 Å². The standard InChI is InChI=1S/C27H37N7O/c1-32(2)8-9-33-10-12-34(13-11-33)19-20-14-21(17-28-16-20)22-15-24-26(30-31-27(24)29-18-22)23-6-4-5-7-25(23)35-3/h4-7,15-17,20H,8-14,18-19H2,1-3H3,(H2,29,30,31). The summed E-state index contributed by atoms with van der Waals surface area (Å²) in [5.74, 6) is 2.23. The van der Waals surface area contributed by atoms with Gasteiger partial charge in [-0.05, 0) is 49.9 Å². The summed E-state index contributed by atoms with van der Waals surface area (Å²) in [6.07, 6.45) is 7.47. The van der Waals surface area contributed by atoms with E-state index in [-0.39, 0.29) is 0 Å². The van der Waals surface area contributed by atoms with Crippen molar-refractivity contribution in [3.05, 3.63) is 47.2 Å². The van der Waals surface area contributed by atoms with Crippen LogP contribution in [0.25, 0.3) is 17.3 Å². The molecule has 1 aromatic heterocycles. The summed E-state index contributed by atoms with van der Waals surface area (Å²) >= 11 is 0. The van der Waals surface area contributed by atoms with Crippen LogP contribution in [0.1, 0.15) is 12.0 Å². The Morgan fingerprint density at radius 2 is 1.89 bits per heavy atom. The summed E-state index contributed by atoms with van der Waals surface area (Å²) in [7, 11) is 5.99. The van der Waals surface area contributed by atoms with Gasteiger partial charge in [0.05, 0.1) is 7.11 Å². The molecule has 0 radical (unpaired) electrons. The zero-order valence-electron chi connectivity index (χ0n) is 21.1. The number of benzene rings is 1. The molecule has 8 nitrogen and oxygen atoms in total. The van der Waals surface area contributed by atoms with Crippen molar-refractivity contribution >= 4 is 18.1 Å². The fourth-order valence-electron chi connectivity index (χ4n) is 5.12. The van der Waals surface area contributed by atoms with E-state index >= 15 is 0 Å². The van der Waals surface area contributed by atoms with E-state index in [9.17, 15) is 0 Å². The van der Waals surface area contributed by atoms with E-state index in [4.69, 9.17) is 4.74 Å². The number of anilines is 1. The number of likely N-dealkylation sites (N-methyl/N-ethyl adjacent to an activating group) is 1. The number of piperazine rings is 1. The first kappa shape index (κ1) is 23.8. The predicted molar refractivity (Wildman–Crippen MR) is 143 cm³/mol. The van der Waals surface area contributed by atoms with E-state index in [0.717, 1.165) is 87.2 Å². The molecule has 186 valence electrons. The highest BCUT2D eigenvalue weighted by Gasteiger charge is 2.25. The number of nitrogens with zero attached hydrogens (tertiary/aromatic N) is 5. The van der Waals surface area contributed by atoms with Crippen molar-refractivity contribution in [3.8, 4) is 17.0 Å². The first-order chi connectivity index (χ1) is 17.1. The lowest BCUT2D eigenvalue weighted by molar-refractivity contribution is 0.119. The monoisotopic (exact) mass is 475 g/mol. The molecule has 1 unspecified atom stereocenters. The lowest BCUT2D eigenvalue weighted by Gasteiger charge is -2.36. The molecule has 35 heavy (non-hydrogen) atoms. The Hall–Kier alpha value is -2.94. The third-order valence-corrected chi connectivity index (χ3v) is 7.18. The lowest BCUT2D eigenvalue weighted by atomic mass is 9.90. The Morgan fingerprint density at radius 1 is 1.09 bits per heavy atom. The van der Waals surface area contributed by atoms with Crippen LogP contribution in [0, 0.1) is 5.92 Å². The molecular formula is C27H37N7O. The summed E-state index contributed by atoms with van der Waals surface area (Å²) in [4.78, 5) is 12.1. The fraction of sp³-hybridized carbons (Fsp3) is 0.481. The van der Waals surface area contributed by atoms with Gasteiger partial charge in [0.15, 0.2) is 0 Å². The fourth-order valence-corrected chi connectivity index (χ4v) is 5.12. The van der Waals surface area contributed by atoms with Crippen molar-refractivity contribution < 1.29 is 4.74 Å². The molecular weight excluding hydrogens is 438 g/mol. The number of para-hydroxylation sites is 1. The Labute approximate surface area is 208 Å². The summed E-state index contributed by atoms with van der Waals surface area (Å²) in [5.41, 5.74) is 5.57. The Kier molecular flexibility index (Phi) is 7.32. The molecule has 1 aromatic carbocycles. The molecule has 1 fully saturated rings. The van der Waals surface area contributed by atoms with Gasteiger partial charge in [0.25, 0.3) is 0 Å². The van der Waals surface area contributed by atoms with Crippen LogP contribution in [0.2, 0.25) is 0 Å². The van der Waals surface area contributed by atoms with E-state index < -0.39 is 0 Å². The second-order valence-corrected chi connectivity index (χ2v) is 9.95. The topological polar surface area (TPSA) is 72.0 Å². The van der Waals surface area contributed by atoms with Crippen LogP contribution in [-0.4, -0.2) is 105 Å². The Morgan fingerprint density at radius 3 is 2.69 bits per heavy atom. The number of H-pyrrole nitrogens is 1. The maximum Gasteiger partial charge on any atom is 0.129 e. The van der Waals surface area contributed by atoms with E-state index in [1.807, 2.05) is 24.4 Å². The van der Waals surface area contributed by atoms with Gasteiger partial charge in [-0.25, -0.2) is 0 Å². The van der Waals surface area contributed by atoms with E-state index in [2.05, 4.69) is 67.7 Å². The van der Waals surface area contributed by atoms with Gasteiger partial charge in [-0.1, -0.05) is 12.1 Å². The molecule has 0 bridgehead atoms. The molecule has 3 aliphatic rings. The van der Waals surface area contributed by atoms with E-state index in [0.29, 0.717) is 5.92 Å². The van der Waals surface area contributed by atoms with Crippen LogP contribution in [0.4, 0.5) is 5.82 Å². The van der Waals surface area contributed by atoms with Crippen LogP contribution in [-0.2, 0) is 0 Å². The second kappa shape index (κ2) is 10.8. The number of aromatic amines is 1. The highest BCUT2D eigenvalue weighted by atomic mass is 16.5. The zero-order valence-corrected chi connectivity index (χ0v) is 21.1. The number of hydrogen-bond donors (Lipinski definition) is 2. The summed E-state index contributed by atoms with van der Waals surface area (Å²) in [6, 6.07) is 8.03. The van der Waals surface area contributed by atoms with Gasteiger partial charge in [0, 0.05) is 81.8 Å². The maximum atomic E-state index is 5.58. The van der Waals surface area contributed by atoms with Crippen LogP contribution in [0.3, 0.4) is 0 Å². The Balaban J connectivity index is 1.24. The number of rotatable bonds is 8. The normalized spacial score (nSPS) is 20.9. The Bertz CT molecular complexity index is 1110. The first-order valence-electron chi connectivity index (χ1n) is 12.6. The van der Waals surface area contributed by atoms with Gasteiger partial charge in [0.2, 0.25) is 0 Å². The number of ether oxygens (including phenoxy) is 1. The number of hydrogen-bond acceptors (Lipinski definition) is 7. The molecule has 4 heterocycles. The van der Waals surface area contributed by atoms with Crippen LogP contribution in [0.15, 0.2) is 46.6 Å². The molecule has 3 aliphatic heterocycles. The molecule has 2 aromatic rings. The number of nitrogens with one attached hydrogen (secondary N) is 2. The number of fused-ring (bicyclic) bond motifs is 1. The van der Waals surface area contributed by atoms with Gasteiger partial charge >= 0.3 is 0 Å². The molecule has 0 aliphatic carbocycles. The van der Waals surface area contributed by atoms with Crippen molar-refractivity contribution in [1.82, 2.24) is 24.9 Å². The molecule has 5 rings (SSSR count). The van der Waals surface area contributed by atoms with Gasteiger partial charge in [0.1, 0.15) is 17.3 Å². The largest absolute Gasteiger partial charge is 0.496 e. The summed E-state index contributed by atoms with van der Waals surface area (Å²) in [5, 5.41) is 11.3. The van der Waals surface area contributed by atoms with Gasteiger partial charge in [-0.15, -0.1) is 0 Å². The van der Waals surface area contributed by atoms with Gasteiger partial charge in [-0.3, -0.25) is 15.0 Å². The van der Waals surface area contributed by atoms with E-state index in [1.54, 1.807) is 7.11 Å². The third-order valence-electron chi connectivity index (χ3n) is 7.18. The SMILES string of the molecule is COc1ccccc1-c1n[nH]c2c1C=C(C1=CN=CC(CN3CCN(CCN(C)C)CC3)C1)CN2. The molecule has 0 spiro atoms. The second-order valence-electron chi connectivity index (χ2n) is 9.95. The zero-order chi connectivity index (χ0) is 24.2. The minimum absolute atomic E-state index is 0.448. The number of methoxy groups -OCH3 is 1. The number of aromatic nitrogens is 2. The van der Waals surface area contributed by atoms with Gasteiger partial charge < -0.3 is 19.9 Å². The van der Waals surface area contributed by atoms with Crippen molar-refractivity contribution in [2.75, 3.05) is 78.9 Å².